The first-order valence-electron chi connectivity index (χ1n) is 6.00. The number of hydrogen-bond acceptors (Lipinski definition) is 4. The van der Waals surface area contributed by atoms with Crippen LogP contribution in [0, 0.1) is 0 Å². The molecule has 0 saturated heterocycles. The first-order chi connectivity index (χ1) is 9.99. The summed E-state index contributed by atoms with van der Waals surface area (Å²) in [4.78, 5) is 36.8. The molecule has 7 heteroatoms. The number of fused-ring (bicyclic) bond motifs is 1. The topological polar surface area (TPSA) is 79.6 Å². The van der Waals surface area contributed by atoms with Gasteiger partial charge in [-0.15, -0.1) is 0 Å². The summed E-state index contributed by atoms with van der Waals surface area (Å²) in [6, 6.07) is 6.12. The van der Waals surface area contributed by atoms with Crippen LogP contribution in [-0.4, -0.2) is 29.7 Å². The number of benzene rings is 1. The Kier molecular flexibility index (Phi) is 3.13. The summed E-state index contributed by atoms with van der Waals surface area (Å²) in [5, 5.41) is 2.65. The number of carbonyl (C=O) groups is 3. The number of hydrogen-bond donors (Lipinski definition) is 1. The number of carbonyl (C=O) groups excluding carboxylic acids is 3. The Hall–Kier alpha value is -2.41. The van der Waals surface area contributed by atoms with Crippen LogP contribution in [-0.2, 0) is 0 Å². The average molecular weight is 349 g/mol. The highest BCUT2D eigenvalue weighted by Crippen LogP contribution is 2.25. The molecule has 0 fully saturated rings. The number of nitrogens with zero attached hydrogens (tertiary/aromatic N) is 1. The normalized spacial score (nSPS) is 13.5. The van der Waals surface area contributed by atoms with Crippen molar-refractivity contribution in [3.63, 3.8) is 0 Å². The molecule has 6 nitrogen and oxygen atoms in total. The number of imide groups is 1. The second-order valence-corrected chi connectivity index (χ2v) is 5.21. The Morgan fingerprint density at radius 1 is 1.19 bits per heavy atom. The van der Waals surface area contributed by atoms with Gasteiger partial charge in [-0.25, -0.2) is 0 Å². The maximum Gasteiger partial charge on any atom is 0.261 e. The minimum Gasteiger partial charge on any atom is -0.457 e. The average Bonchev–Trinajstić information content (AvgIpc) is 2.98. The SMILES string of the molecule is CN1C(=O)c2ccc(NC(=O)c3ccoc3Br)cc2C1=O. The van der Waals surface area contributed by atoms with Gasteiger partial charge in [0.25, 0.3) is 17.7 Å². The molecular weight excluding hydrogens is 340 g/mol. The summed E-state index contributed by atoms with van der Waals surface area (Å²) < 4.78 is 5.32. The van der Waals surface area contributed by atoms with Crippen LogP contribution < -0.4 is 5.32 Å². The van der Waals surface area contributed by atoms with Crippen LogP contribution >= 0.6 is 15.9 Å². The molecule has 1 aromatic heterocycles. The van der Waals surface area contributed by atoms with Crippen LogP contribution in [0.1, 0.15) is 31.1 Å². The first-order valence-corrected chi connectivity index (χ1v) is 6.79. The molecule has 0 atom stereocenters. The van der Waals surface area contributed by atoms with Gasteiger partial charge in [-0.2, -0.15) is 0 Å². The smallest absolute Gasteiger partial charge is 0.261 e. The van der Waals surface area contributed by atoms with Gasteiger partial charge in [0.05, 0.1) is 23.0 Å². The van der Waals surface area contributed by atoms with E-state index in [0.29, 0.717) is 21.5 Å². The Labute approximate surface area is 127 Å². The predicted octanol–water partition coefficient (Wildman–Crippen LogP) is 2.52. The van der Waals surface area contributed by atoms with Gasteiger partial charge in [-0.1, -0.05) is 0 Å². The van der Waals surface area contributed by atoms with Crippen molar-refractivity contribution in [1.29, 1.82) is 0 Å². The van der Waals surface area contributed by atoms with E-state index in [1.807, 2.05) is 0 Å². The molecule has 0 unspecified atom stereocenters. The third kappa shape index (κ3) is 2.15. The molecule has 0 saturated carbocycles. The second-order valence-electron chi connectivity index (χ2n) is 4.49. The molecule has 3 rings (SSSR count). The molecule has 1 aliphatic rings. The van der Waals surface area contributed by atoms with Crippen molar-refractivity contribution in [1.82, 2.24) is 4.90 Å². The predicted molar refractivity (Wildman–Crippen MR) is 77.2 cm³/mol. The van der Waals surface area contributed by atoms with Crippen LogP contribution in [0.3, 0.4) is 0 Å². The lowest BCUT2D eigenvalue weighted by Crippen LogP contribution is -2.24. The molecule has 1 N–H and O–H groups in total. The zero-order valence-corrected chi connectivity index (χ0v) is 12.4. The lowest BCUT2D eigenvalue weighted by Gasteiger charge is -2.05. The van der Waals surface area contributed by atoms with E-state index in [4.69, 9.17) is 4.42 Å². The highest BCUT2D eigenvalue weighted by Gasteiger charge is 2.32. The molecular formula is C14H9BrN2O4. The number of amides is 3. The highest BCUT2D eigenvalue weighted by atomic mass is 79.9. The van der Waals surface area contributed by atoms with Crippen molar-refractivity contribution in [2.45, 2.75) is 0 Å². The molecule has 0 bridgehead atoms. The van der Waals surface area contributed by atoms with Crippen molar-refractivity contribution in [3.05, 3.63) is 51.9 Å². The van der Waals surface area contributed by atoms with E-state index in [0.717, 1.165) is 4.90 Å². The molecule has 2 aromatic rings. The Balaban J connectivity index is 1.89. The minimum absolute atomic E-state index is 0.284. The fourth-order valence-electron chi connectivity index (χ4n) is 2.09. The number of halogens is 1. The maximum absolute atomic E-state index is 12.0. The Bertz CT molecular complexity index is 781. The number of nitrogens with one attached hydrogen (secondary N) is 1. The summed E-state index contributed by atoms with van der Waals surface area (Å²) in [6.45, 7) is 0. The summed E-state index contributed by atoms with van der Waals surface area (Å²) in [5.41, 5.74) is 1.40. The molecule has 1 aliphatic heterocycles. The summed E-state index contributed by atoms with van der Waals surface area (Å²) in [6.07, 6.45) is 1.39. The van der Waals surface area contributed by atoms with E-state index in [9.17, 15) is 14.4 Å². The highest BCUT2D eigenvalue weighted by molar-refractivity contribution is 9.10. The van der Waals surface area contributed by atoms with Crippen molar-refractivity contribution >= 4 is 39.3 Å². The monoisotopic (exact) mass is 348 g/mol. The van der Waals surface area contributed by atoms with Crippen LogP contribution in [0.5, 0.6) is 0 Å². The molecule has 21 heavy (non-hydrogen) atoms. The van der Waals surface area contributed by atoms with Gasteiger partial charge in [0.1, 0.15) is 0 Å². The zero-order chi connectivity index (χ0) is 15.1. The van der Waals surface area contributed by atoms with E-state index in [1.165, 1.54) is 31.5 Å². The van der Waals surface area contributed by atoms with Crippen LogP contribution in [0.4, 0.5) is 5.69 Å². The molecule has 1 aromatic carbocycles. The van der Waals surface area contributed by atoms with Crippen molar-refractivity contribution < 1.29 is 18.8 Å². The van der Waals surface area contributed by atoms with Crippen LogP contribution in [0.15, 0.2) is 39.6 Å². The molecule has 106 valence electrons. The van der Waals surface area contributed by atoms with E-state index in [-0.39, 0.29) is 23.3 Å². The van der Waals surface area contributed by atoms with Gasteiger partial charge in [-0.05, 0) is 40.2 Å². The van der Waals surface area contributed by atoms with E-state index < -0.39 is 0 Å². The van der Waals surface area contributed by atoms with Gasteiger partial charge < -0.3 is 9.73 Å². The van der Waals surface area contributed by atoms with E-state index in [1.54, 1.807) is 6.07 Å². The summed E-state index contributed by atoms with van der Waals surface area (Å²) in [5.74, 6) is -1.10. The van der Waals surface area contributed by atoms with Gasteiger partial charge in [0.15, 0.2) is 4.67 Å². The van der Waals surface area contributed by atoms with E-state index >= 15 is 0 Å². The number of furan rings is 1. The Morgan fingerprint density at radius 2 is 1.90 bits per heavy atom. The fourth-order valence-corrected chi connectivity index (χ4v) is 2.51. The first kappa shape index (κ1) is 13.6. The van der Waals surface area contributed by atoms with Gasteiger partial charge in [0.2, 0.25) is 0 Å². The van der Waals surface area contributed by atoms with E-state index in [2.05, 4.69) is 21.2 Å². The molecule has 0 spiro atoms. The standard InChI is InChI=1S/C14H9BrN2O4/c1-17-13(19)8-3-2-7(6-10(8)14(17)20)16-12(18)9-4-5-21-11(9)15/h2-6H,1H3,(H,16,18). The van der Waals surface area contributed by atoms with Gasteiger partial charge in [-0.3, -0.25) is 19.3 Å². The van der Waals surface area contributed by atoms with Crippen LogP contribution in [0.2, 0.25) is 0 Å². The molecule has 3 amide bonds. The summed E-state index contributed by atoms with van der Waals surface area (Å²) in [7, 11) is 1.42. The Morgan fingerprint density at radius 3 is 2.57 bits per heavy atom. The second kappa shape index (κ2) is 4.85. The number of anilines is 1. The lowest BCUT2D eigenvalue weighted by molar-refractivity contribution is 0.0692. The van der Waals surface area contributed by atoms with Crippen LogP contribution in [0.25, 0.3) is 0 Å². The minimum atomic E-state index is -0.379. The molecule has 2 heterocycles. The third-order valence-corrected chi connectivity index (χ3v) is 3.82. The van der Waals surface area contributed by atoms with Gasteiger partial charge in [0, 0.05) is 12.7 Å². The summed E-state index contributed by atoms with van der Waals surface area (Å²) >= 11 is 3.12. The van der Waals surface area contributed by atoms with Crippen molar-refractivity contribution in [2.75, 3.05) is 12.4 Å². The lowest BCUT2D eigenvalue weighted by atomic mass is 10.1. The zero-order valence-electron chi connectivity index (χ0n) is 10.8. The maximum atomic E-state index is 12.0. The molecule has 0 aliphatic carbocycles. The fraction of sp³-hybridized carbons (Fsp3) is 0.0714. The van der Waals surface area contributed by atoms with Crippen molar-refractivity contribution in [2.24, 2.45) is 0 Å². The molecule has 0 radical (unpaired) electrons. The van der Waals surface area contributed by atoms with Gasteiger partial charge >= 0.3 is 0 Å². The quantitative estimate of drug-likeness (QED) is 0.845. The number of rotatable bonds is 2. The van der Waals surface area contributed by atoms with Crippen molar-refractivity contribution in [3.8, 4) is 0 Å². The third-order valence-electron chi connectivity index (χ3n) is 3.21. The largest absolute Gasteiger partial charge is 0.457 e.